The van der Waals surface area contributed by atoms with Crippen molar-refractivity contribution in [2.24, 2.45) is 0 Å². The summed E-state index contributed by atoms with van der Waals surface area (Å²) in [6.07, 6.45) is 2.25. The van der Waals surface area contributed by atoms with E-state index in [-0.39, 0.29) is 12.5 Å². The first-order chi connectivity index (χ1) is 16.0. The van der Waals surface area contributed by atoms with E-state index in [0.29, 0.717) is 12.0 Å². The van der Waals surface area contributed by atoms with E-state index < -0.39 is 11.6 Å². The van der Waals surface area contributed by atoms with Crippen molar-refractivity contribution in [3.63, 3.8) is 0 Å². The van der Waals surface area contributed by atoms with Crippen molar-refractivity contribution < 1.29 is 14.3 Å². The van der Waals surface area contributed by atoms with Crippen LogP contribution < -0.4 is 5.32 Å². The van der Waals surface area contributed by atoms with Crippen LogP contribution in [0.25, 0.3) is 16.9 Å². The molecule has 4 aromatic rings. The van der Waals surface area contributed by atoms with Gasteiger partial charge in [0.2, 0.25) is 0 Å². The molecule has 0 saturated heterocycles. The van der Waals surface area contributed by atoms with Crippen molar-refractivity contribution in [1.29, 1.82) is 0 Å². The number of hydrogen-bond donors (Lipinski definition) is 1. The highest BCUT2D eigenvalue weighted by molar-refractivity contribution is 5.97. The van der Waals surface area contributed by atoms with Crippen LogP contribution in [0.2, 0.25) is 0 Å². The zero-order chi connectivity index (χ0) is 22.8. The van der Waals surface area contributed by atoms with Crippen LogP contribution in [0.1, 0.15) is 28.4 Å². The first-order valence-corrected chi connectivity index (χ1v) is 10.8. The van der Waals surface area contributed by atoms with Gasteiger partial charge in [-0.1, -0.05) is 66.7 Å². The molecule has 1 N–H and O–H groups in total. The predicted molar refractivity (Wildman–Crippen MR) is 125 cm³/mol. The molecule has 0 spiro atoms. The minimum Gasteiger partial charge on any atom is -0.445 e. The lowest BCUT2D eigenvalue weighted by Gasteiger charge is -2.33. The maximum Gasteiger partial charge on any atom is 0.339 e. The Morgan fingerprint density at radius 2 is 1.67 bits per heavy atom. The molecule has 0 fully saturated rings. The van der Waals surface area contributed by atoms with Gasteiger partial charge >= 0.3 is 5.97 Å². The maximum atomic E-state index is 13.2. The molecule has 2 heterocycles. The maximum absolute atomic E-state index is 13.2. The topological polar surface area (TPSA) is 73.2 Å². The molecular weight excluding hydrogens is 414 g/mol. The van der Waals surface area contributed by atoms with Crippen molar-refractivity contribution in [3.05, 3.63) is 108 Å². The molecule has 33 heavy (non-hydrogen) atoms. The van der Waals surface area contributed by atoms with Crippen LogP contribution in [0, 0.1) is 0 Å². The van der Waals surface area contributed by atoms with Crippen molar-refractivity contribution in [1.82, 2.24) is 15.1 Å². The summed E-state index contributed by atoms with van der Waals surface area (Å²) in [5.74, 6) is -0.812. The quantitative estimate of drug-likeness (QED) is 0.472. The number of cyclic esters (lactones) is 1. The number of nitrogens with zero attached hydrogens (tertiary/aromatic N) is 2. The second-order valence-electron chi connectivity index (χ2n) is 8.29. The number of esters is 1. The molecule has 0 radical (unpaired) electrons. The van der Waals surface area contributed by atoms with E-state index in [2.05, 4.69) is 5.32 Å². The van der Waals surface area contributed by atoms with Crippen molar-refractivity contribution in [3.8, 4) is 16.9 Å². The van der Waals surface area contributed by atoms with Gasteiger partial charge in [-0.05, 0) is 30.7 Å². The summed E-state index contributed by atoms with van der Waals surface area (Å²) in [4.78, 5) is 25.6. The fraction of sp³-hybridized carbons (Fsp3) is 0.148. The summed E-state index contributed by atoms with van der Waals surface area (Å²) < 4.78 is 7.38. The fourth-order valence-electron chi connectivity index (χ4n) is 4.11. The standard InChI is InChI=1S/C27H23N3O3/c1-27(16-20-12-8-9-15-23(20)25(31)33-27)26(32)28-17-21-18-30(22-13-6-3-7-14-22)29-24(21)19-10-4-2-5-11-19/h2-15,18H,16-17H2,1H3,(H,28,32)/t27-/m0/s1. The number of hydrogen-bond acceptors (Lipinski definition) is 4. The Morgan fingerprint density at radius 3 is 2.42 bits per heavy atom. The van der Waals surface area contributed by atoms with Crippen LogP contribution in [0.15, 0.2) is 91.1 Å². The summed E-state index contributed by atoms with van der Waals surface area (Å²) in [6, 6.07) is 26.9. The van der Waals surface area contributed by atoms with E-state index in [1.807, 2.05) is 83.7 Å². The minimum absolute atomic E-state index is 0.255. The number of nitrogens with one attached hydrogen (secondary N) is 1. The van der Waals surface area contributed by atoms with Gasteiger partial charge in [-0.3, -0.25) is 4.79 Å². The number of rotatable bonds is 5. The Balaban J connectivity index is 1.41. The predicted octanol–water partition coefficient (Wildman–Crippen LogP) is 4.33. The number of carbonyl (C=O) groups is 2. The average molecular weight is 437 g/mol. The third-order valence-corrected chi connectivity index (χ3v) is 5.86. The van der Waals surface area contributed by atoms with E-state index in [0.717, 1.165) is 28.1 Å². The van der Waals surface area contributed by atoms with Gasteiger partial charge in [0, 0.05) is 30.3 Å². The Labute approximate surface area is 191 Å². The third kappa shape index (κ3) is 4.03. The molecule has 1 aromatic heterocycles. The fourth-order valence-corrected chi connectivity index (χ4v) is 4.11. The number of para-hydroxylation sites is 1. The molecule has 164 valence electrons. The van der Waals surface area contributed by atoms with E-state index >= 15 is 0 Å². The van der Waals surface area contributed by atoms with Crippen LogP contribution in [0.3, 0.4) is 0 Å². The molecular formula is C27H23N3O3. The van der Waals surface area contributed by atoms with Gasteiger partial charge in [-0.25, -0.2) is 9.48 Å². The van der Waals surface area contributed by atoms with Crippen molar-refractivity contribution in [2.45, 2.75) is 25.5 Å². The molecule has 6 heteroatoms. The van der Waals surface area contributed by atoms with E-state index in [9.17, 15) is 9.59 Å². The van der Waals surface area contributed by atoms with Crippen LogP contribution in [-0.4, -0.2) is 27.3 Å². The summed E-state index contributed by atoms with van der Waals surface area (Å²) in [5.41, 5.74) is 3.60. The van der Waals surface area contributed by atoms with Crippen molar-refractivity contribution in [2.75, 3.05) is 0 Å². The highest BCUT2D eigenvalue weighted by Gasteiger charge is 2.42. The molecule has 1 aliphatic heterocycles. The lowest BCUT2D eigenvalue weighted by atomic mass is 9.89. The molecule has 5 rings (SSSR count). The van der Waals surface area contributed by atoms with Crippen LogP contribution in [0.5, 0.6) is 0 Å². The number of carbonyl (C=O) groups excluding carboxylic acids is 2. The summed E-state index contributed by atoms with van der Waals surface area (Å²) in [5, 5.41) is 7.75. The molecule has 0 bridgehead atoms. The summed E-state index contributed by atoms with van der Waals surface area (Å²) in [7, 11) is 0. The summed E-state index contributed by atoms with van der Waals surface area (Å²) in [6.45, 7) is 1.91. The number of amides is 1. The number of benzene rings is 3. The summed E-state index contributed by atoms with van der Waals surface area (Å²) >= 11 is 0. The molecule has 1 atom stereocenters. The van der Waals surface area contributed by atoms with Crippen molar-refractivity contribution >= 4 is 11.9 Å². The lowest BCUT2D eigenvalue weighted by Crippen LogP contribution is -2.51. The molecule has 0 saturated carbocycles. The van der Waals surface area contributed by atoms with E-state index in [1.165, 1.54) is 0 Å². The van der Waals surface area contributed by atoms with Gasteiger partial charge in [0.05, 0.1) is 16.9 Å². The zero-order valence-corrected chi connectivity index (χ0v) is 18.2. The van der Waals surface area contributed by atoms with Crippen LogP contribution in [0.4, 0.5) is 0 Å². The molecule has 1 aliphatic rings. The van der Waals surface area contributed by atoms with E-state index in [4.69, 9.17) is 9.84 Å². The van der Waals surface area contributed by atoms with E-state index in [1.54, 1.807) is 19.1 Å². The normalized spacial score (nSPS) is 17.2. The molecule has 1 amide bonds. The first-order valence-electron chi connectivity index (χ1n) is 10.8. The second kappa shape index (κ2) is 8.39. The van der Waals surface area contributed by atoms with Crippen LogP contribution >= 0.6 is 0 Å². The smallest absolute Gasteiger partial charge is 0.339 e. The minimum atomic E-state index is -1.27. The van der Waals surface area contributed by atoms with Gasteiger partial charge in [0.1, 0.15) is 0 Å². The first kappa shape index (κ1) is 20.7. The Morgan fingerprint density at radius 1 is 1.00 bits per heavy atom. The monoisotopic (exact) mass is 437 g/mol. The Hall–Kier alpha value is -4.19. The van der Waals surface area contributed by atoms with Gasteiger partial charge < -0.3 is 10.1 Å². The second-order valence-corrected chi connectivity index (χ2v) is 8.29. The number of ether oxygens (including phenoxy) is 1. The Bertz CT molecular complexity index is 1310. The van der Waals surface area contributed by atoms with Gasteiger partial charge in [0.15, 0.2) is 5.60 Å². The lowest BCUT2D eigenvalue weighted by molar-refractivity contribution is -0.139. The molecule has 0 unspecified atom stereocenters. The number of aromatic nitrogens is 2. The average Bonchev–Trinajstić information content (AvgIpc) is 3.28. The van der Waals surface area contributed by atoms with Gasteiger partial charge in [-0.2, -0.15) is 5.10 Å². The largest absolute Gasteiger partial charge is 0.445 e. The molecule has 3 aromatic carbocycles. The van der Waals surface area contributed by atoms with Gasteiger partial charge in [0.25, 0.3) is 5.91 Å². The highest BCUT2D eigenvalue weighted by atomic mass is 16.6. The number of fused-ring (bicyclic) bond motifs is 1. The third-order valence-electron chi connectivity index (χ3n) is 5.86. The molecule has 6 nitrogen and oxygen atoms in total. The SMILES string of the molecule is C[C@@]1(C(=O)NCc2cn(-c3ccccc3)nc2-c2ccccc2)Cc2ccccc2C(=O)O1. The zero-order valence-electron chi connectivity index (χ0n) is 18.2. The van der Waals surface area contributed by atoms with Crippen LogP contribution in [-0.2, 0) is 22.5 Å². The van der Waals surface area contributed by atoms with Gasteiger partial charge in [-0.15, -0.1) is 0 Å². The molecule has 0 aliphatic carbocycles. The highest BCUT2D eigenvalue weighted by Crippen LogP contribution is 2.29. The Kier molecular flexibility index (Phi) is 5.26.